The first-order valence-corrected chi connectivity index (χ1v) is 6.15. The van der Waals surface area contributed by atoms with Crippen LogP contribution < -0.4 is 0 Å². The van der Waals surface area contributed by atoms with Crippen LogP contribution in [-0.4, -0.2) is 10.8 Å². The summed E-state index contributed by atoms with van der Waals surface area (Å²) in [7, 11) is 0. The molecule has 1 aromatic heterocycles. The Hall–Kier alpha value is -1.55. The van der Waals surface area contributed by atoms with Gasteiger partial charge < -0.3 is 0 Å². The fourth-order valence-corrected chi connectivity index (χ4v) is 2.22. The molecule has 88 valence electrons. The number of aryl methyl sites for hydroxylation is 2. The highest BCUT2D eigenvalue weighted by Gasteiger charge is 2.14. The average Bonchev–Trinajstić information content (AvgIpc) is 2.68. The Bertz CT molecular complexity index is 562. The van der Waals surface area contributed by atoms with E-state index in [-0.39, 0.29) is 17.8 Å². The van der Waals surface area contributed by atoms with E-state index < -0.39 is 5.82 Å². The molecule has 1 heterocycles. The molecule has 4 heteroatoms. The summed E-state index contributed by atoms with van der Waals surface area (Å²) in [6.07, 6.45) is 0.157. The number of benzene rings is 1. The number of thiazole rings is 1. The number of ketones is 1. The van der Waals surface area contributed by atoms with Crippen LogP contribution in [0.1, 0.15) is 26.6 Å². The van der Waals surface area contributed by atoms with Gasteiger partial charge in [-0.15, -0.1) is 11.3 Å². The molecule has 1 aromatic carbocycles. The highest BCUT2D eigenvalue weighted by Crippen LogP contribution is 2.16. The molecule has 2 rings (SSSR count). The van der Waals surface area contributed by atoms with Crippen molar-refractivity contribution in [1.29, 1.82) is 0 Å². The molecule has 0 saturated carbocycles. The normalized spacial score (nSPS) is 10.5. The minimum Gasteiger partial charge on any atom is -0.294 e. The highest BCUT2D eigenvalue weighted by atomic mass is 32.1. The van der Waals surface area contributed by atoms with Crippen molar-refractivity contribution >= 4 is 17.1 Å². The third kappa shape index (κ3) is 2.58. The lowest BCUT2D eigenvalue weighted by atomic mass is 10.0. The molecule has 0 bridgehead atoms. The summed E-state index contributed by atoms with van der Waals surface area (Å²) in [6.45, 7) is 3.53. The number of halogens is 1. The standard InChI is InChI=1S/C13H12FNOS/c1-8-4-3-5-11(13(8)14)12(16)6-10-7-17-9(2)15-10/h3-5,7H,6H2,1-2H3. The van der Waals surface area contributed by atoms with Crippen LogP contribution in [0.3, 0.4) is 0 Å². The van der Waals surface area contributed by atoms with Gasteiger partial charge in [-0.2, -0.15) is 0 Å². The monoisotopic (exact) mass is 249 g/mol. The second-order valence-electron chi connectivity index (χ2n) is 3.89. The zero-order valence-corrected chi connectivity index (χ0v) is 10.5. The molecule has 0 saturated heterocycles. The van der Waals surface area contributed by atoms with Gasteiger partial charge in [-0.05, 0) is 25.5 Å². The molecule has 0 radical (unpaired) electrons. The largest absolute Gasteiger partial charge is 0.294 e. The molecule has 0 aliphatic carbocycles. The Morgan fingerprint density at radius 2 is 2.18 bits per heavy atom. The number of hydrogen-bond acceptors (Lipinski definition) is 3. The maximum atomic E-state index is 13.7. The number of hydrogen-bond donors (Lipinski definition) is 0. The summed E-state index contributed by atoms with van der Waals surface area (Å²) < 4.78 is 13.7. The summed E-state index contributed by atoms with van der Waals surface area (Å²) in [5.41, 5.74) is 1.35. The summed E-state index contributed by atoms with van der Waals surface area (Å²) >= 11 is 1.49. The molecule has 0 aliphatic heterocycles. The SMILES string of the molecule is Cc1nc(CC(=O)c2cccc(C)c2F)cs1. The van der Waals surface area contributed by atoms with Crippen molar-refractivity contribution in [2.45, 2.75) is 20.3 Å². The Balaban J connectivity index is 2.23. The number of carbonyl (C=O) groups excluding carboxylic acids is 1. The second kappa shape index (κ2) is 4.75. The van der Waals surface area contributed by atoms with E-state index in [2.05, 4.69) is 4.98 Å². The van der Waals surface area contributed by atoms with E-state index in [0.717, 1.165) is 5.01 Å². The number of carbonyl (C=O) groups is 1. The molecule has 0 fully saturated rings. The third-order valence-electron chi connectivity index (χ3n) is 2.50. The van der Waals surface area contributed by atoms with E-state index in [1.54, 1.807) is 19.1 Å². The van der Waals surface area contributed by atoms with Crippen LogP contribution in [0, 0.1) is 19.7 Å². The van der Waals surface area contributed by atoms with Crippen LogP contribution in [0.2, 0.25) is 0 Å². The first-order valence-electron chi connectivity index (χ1n) is 5.27. The van der Waals surface area contributed by atoms with Gasteiger partial charge in [-0.25, -0.2) is 9.37 Å². The maximum Gasteiger partial charge on any atom is 0.171 e. The van der Waals surface area contributed by atoms with Crippen molar-refractivity contribution < 1.29 is 9.18 Å². The van der Waals surface area contributed by atoms with Gasteiger partial charge in [-0.3, -0.25) is 4.79 Å². The molecule has 2 aromatic rings. The molecule has 0 amide bonds. The Kier molecular flexibility index (Phi) is 3.33. The topological polar surface area (TPSA) is 30.0 Å². The minimum atomic E-state index is -0.426. The van der Waals surface area contributed by atoms with Crippen LogP contribution in [0.5, 0.6) is 0 Å². The molecule has 0 atom stereocenters. The van der Waals surface area contributed by atoms with Crippen molar-refractivity contribution in [3.63, 3.8) is 0 Å². The van der Waals surface area contributed by atoms with Gasteiger partial charge in [0.1, 0.15) is 5.82 Å². The van der Waals surface area contributed by atoms with Gasteiger partial charge in [0.15, 0.2) is 5.78 Å². The lowest BCUT2D eigenvalue weighted by molar-refractivity contribution is 0.0988. The molecule has 17 heavy (non-hydrogen) atoms. The van der Waals surface area contributed by atoms with Crippen LogP contribution in [0.15, 0.2) is 23.6 Å². The fraction of sp³-hybridized carbons (Fsp3) is 0.231. The molecule has 0 N–H and O–H groups in total. The van der Waals surface area contributed by atoms with Crippen LogP contribution in [-0.2, 0) is 6.42 Å². The number of nitrogens with zero attached hydrogens (tertiary/aromatic N) is 1. The van der Waals surface area contributed by atoms with E-state index in [0.29, 0.717) is 11.3 Å². The van der Waals surface area contributed by atoms with Crippen LogP contribution in [0.25, 0.3) is 0 Å². The molecular weight excluding hydrogens is 237 g/mol. The summed E-state index contributed by atoms with van der Waals surface area (Å²) in [5, 5.41) is 2.75. The van der Waals surface area contributed by atoms with E-state index >= 15 is 0 Å². The molecule has 2 nitrogen and oxygen atoms in total. The van der Waals surface area contributed by atoms with Gasteiger partial charge >= 0.3 is 0 Å². The highest BCUT2D eigenvalue weighted by molar-refractivity contribution is 7.09. The van der Waals surface area contributed by atoms with Crippen molar-refractivity contribution in [3.05, 3.63) is 51.2 Å². The van der Waals surface area contributed by atoms with Gasteiger partial charge in [0.05, 0.1) is 22.7 Å². The molecule has 0 aliphatic rings. The zero-order valence-electron chi connectivity index (χ0n) is 9.66. The molecule has 0 unspecified atom stereocenters. The average molecular weight is 249 g/mol. The maximum absolute atomic E-state index is 13.7. The van der Waals surface area contributed by atoms with E-state index in [1.165, 1.54) is 17.4 Å². The summed E-state index contributed by atoms with van der Waals surface area (Å²) in [4.78, 5) is 16.1. The van der Waals surface area contributed by atoms with E-state index in [4.69, 9.17) is 0 Å². The van der Waals surface area contributed by atoms with Gasteiger partial charge in [0, 0.05) is 5.38 Å². The Morgan fingerprint density at radius 1 is 1.41 bits per heavy atom. The molecule has 0 spiro atoms. The lowest BCUT2D eigenvalue weighted by Crippen LogP contribution is -2.07. The van der Waals surface area contributed by atoms with Crippen molar-refractivity contribution in [3.8, 4) is 0 Å². The second-order valence-corrected chi connectivity index (χ2v) is 4.96. The van der Waals surface area contributed by atoms with Gasteiger partial charge in [0.25, 0.3) is 0 Å². The zero-order chi connectivity index (χ0) is 12.4. The summed E-state index contributed by atoms with van der Waals surface area (Å²) in [5.74, 6) is -0.652. The molecular formula is C13H12FNOS. The fourth-order valence-electron chi connectivity index (χ4n) is 1.61. The predicted molar refractivity (Wildman–Crippen MR) is 66.0 cm³/mol. The number of aromatic nitrogens is 1. The van der Waals surface area contributed by atoms with E-state index in [1.807, 2.05) is 12.3 Å². The number of rotatable bonds is 3. The Morgan fingerprint density at radius 3 is 2.82 bits per heavy atom. The quantitative estimate of drug-likeness (QED) is 0.781. The Labute approximate surface area is 103 Å². The van der Waals surface area contributed by atoms with Crippen molar-refractivity contribution in [2.75, 3.05) is 0 Å². The van der Waals surface area contributed by atoms with Crippen LogP contribution in [0.4, 0.5) is 4.39 Å². The van der Waals surface area contributed by atoms with Gasteiger partial charge in [-0.1, -0.05) is 12.1 Å². The van der Waals surface area contributed by atoms with Crippen molar-refractivity contribution in [1.82, 2.24) is 4.98 Å². The van der Waals surface area contributed by atoms with Crippen molar-refractivity contribution in [2.24, 2.45) is 0 Å². The first kappa shape index (κ1) is 11.9. The lowest BCUT2D eigenvalue weighted by Gasteiger charge is -2.03. The minimum absolute atomic E-state index is 0.149. The summed E-state index contributed by atoms with van der Waals surface area (Å²) in [6, 6.07) is 4.86. The van der Waals surface area contributed by atoms with E-state index in [9.17, 15) is 9.18 Å². The first-order chi connectivity index (χ1) is 8.08. The number of Topliss-reactive ketones (excluding diaryl/α,β-unsaturated/α-hetero) is 1. The van der Waals surface area contributed by atoms with Crippen LogP contribution >= 0.6 is 11.3 Å². The smallest absolute Gasteiger partial charge is 0.171 e. The third-order valence-corrected chi connectivity index (χ3v) is 3.32. The predicted octanol–water partition coefficient (Wildman–Crippen LogP) is 3.32. The van der Waals surface area contributed by atoms with Gasteiger partial charge in [0.2, 0.25) is 0 Å².